The molecule has 1 aliphatic heterocycles. The van der Waals surface area contributed by atoms with Crippen molar-refractivity contribution in [2.24, 2.45) is 0 Å². The zero-order chi connectivity index (χ0) is 11.6. The number of hydrogen-bond acceptors (Lipinski definition) is 4. The van der Waals surface area contributed by atoms with E-state index in [1.54, 1.807) is 6.08 Å². The maximum atomic E-state index is 12.0. The summed E-state index contributed by atoms with van der Waals surface area (Å²) < 4.78 is 30.2. The van der Waals surface area contributed by atoms with Crippen LogP contribution in [0.4, 0.5) is 0 Å². The van der Waals surface area contributed by atoms with Crippen molar-refractivity contribution >= 4 is 16.3 Å². The third-order valence-electron chi connectivity index (χ3n) is 2.33. The van der Waals surface area contributed by atoms with Crippen molar-refractivity contribution in [3.05, 3.63) is 30.0 Å². The molecule has 0 atom stereocenters. The highest BCUT2D eigenvalue weighted by Gasteiger charge is 2.27. The average Bonchev–Trinajstić information content (AvgIpc) is 2.79. The van der Waals surface area contributed by atoms with Crippen LogP contribution in [0.5, 0.6) is 0 Å². The molecule has 0 radical (unpaired) electrons. The summed E-state index contributed by atoms with van der Waals surface area (Å²) in [6.07, 6.45) is 4.91. The number of nitrogens with zero attached hydrogens (tertiary/aromatic N) is 1. The van der Waals surface area contributed by atoms with Gasteiger partial charge >= 0.3 is 0 Å². The summed E-state index contributed by atoms with van der Waals surface area (Å²) in [7, 11) is -3.59. The van der Waals surface area contributed by atoms with Crippen molar-refractivity contribution in [3.63, 3.8) is 0 Å². The minimum absolute atomic E-state index is 0.0196. The van der Waals surface area contributed by atoms with E-state index in [2.05, 4.69) is 0 Å². The van der Waals surface area contributed by atoms with Gasteiger partial charge < -0.3 is 4.42 Å². The van der Waals surface area contributed by atoms with Crippen LogP contribution in [0.15, 0.2) is 33.8 Å². The molecule has 0 saturated heterocycles. The average molecular weight is 241 g/mol. The van der Waals surface area contributed by atoms with E-state index in [0.717, 1.165) is 0 Å². The molecule has 0 saturated carbocycles. The van der Waals surface area contributed by atoms with Gasteiger partial charge in [-0.2, -0.15) is 4.31 Å². The third kappa shape index (κ3) is 1.94. The fourth-order valence-corrected chi connectivity index (χ4v) is 2.83. The topological polar surface area (TPSA) is 67.6 Å². The Morgan fingerprint density at radius 1 is 1.31 bits per heavy atom. The molecular formula is C10H11NO4S. The molecule has 0 aliphatic carbocycles. The number of hydrogen-bond donors (Lipinski definition) is 0. The van der Waals surface area contributed by atoms with Crippen LogP contribution < -0.4 is 0 Å². The number of carbonyl (C=O) groups is 1. The first-order valence-corrected chi connectivity index (χ1v) is 6.29. The van der Waals surface area contributed by atoms with Crippen molar-refractivity contribution in [2.45, 2.75) is 11.5 Å². The van der Waals surface area contributed by atoms with Crippen molar-refractivity contribution in [2.75, 3.05) is 13.1 Å². The van der Waals surface area contributed by atoms with Gasteiger partial charge in [-0.05, 0) is 18.6 Å². The summed E-state index contributed by atoms with van der Waals surface area (Å²) in [6, 6.07) is 2.65. The second-order valence-corrected chi connectivity index (χ2v) is 5.27. The maximum absolute atomic E-state index is 12.0. The molecule has 0 aromatic carbocycles. The monoisotopic (exact) mass is 241 g/mol. The molecule has 16 heavy (non-hydrogen) atoms. The molecule has 2 heterocycles. The van der Waals surface area contributed by atoms with E-state index >= 15 is 0 Å². The lowest BCUT2D eigenvalue weighted by atomic mass is 10.3. The van der Waals surface area contributed by atoms with Crippen LogP contribution in [0.3, 0.4) is 0 Å². The number of furan rings is 1. The van der Waals surface area contributed by atoms with Gasteiger partial charge in [0.25, 0.3) is 10.0 Å². The summed E-state index contributed by atoms with van der Waals surface area (Å²) in [5, 5.41) is -0.176. The predicted octanol–water partition coefficient (Wildman–Crippen LogP) is 1.04. The van der Waals surface area contributed by atoms with Crippen LogP contribution in [0.2, 0.25) is 0 Å². The van der Waals surface area contributed by atoms with Gasteiger partial charge in [0.15, 0.2) is 12.0 Å². The molecule has 0 fully saturated rings. The van der Waals surface area contributed by atoms with Gasteiger partial charge in [0.1, 0.15) is 0 Å². The molecule has 6 heteroatoms. The molecule has 1 aliphatic rings. The first-order valence-electron chi connectivity index (χ1n) is 4.85. The molecular weight excluding hydrogens is 230 g/mol. The van der Waals surface area contributed by atoms with Gasteiger partial charge in [0, 0.05) is 13.1 Å². The zero-order valence-corrected chi connectivity index (χ0v) is 9.31. The number of carbonyl (C=O) groups excluding carboxylic acids is 1. The van der Waals surface area contributed by atoms with Crippen LogP contribution in [-0.4, -0.2) is 32.1 Å². The summed E-state index contributed by atoms with van der Waals surface area (Å²) in [4.78, 5) is 10.4. The van der Waals surface area contributed by atoms with E-state index in [-0.39, 0.29) is 10.9 Å². The predicted molar refractivity (Wildman–Crippen MR) is 56.6 cm³/mol. The maximum Gasteiger partial charge on any atom is 0.276 e. The van der Waals surface area contributed by atoms with Gasteiger partial charge in [-0.3, -0.25) is 4.79 Å². The lowest BCUT2D eigenvalue weighted by Crippen LogP contribution is -2.33. The zero-order valence-electron chi connectivity index (χ0n) is 8.50. The van der Waals surface area contributed by atoms with Crippen LogP contribution >= 0.6 is 0 Å². The molecule has 0 spiro atoms. The molecule has 5 nitrogen and oxygen atoms in total. The molecule has 0 amide bonds. The van der Waals surface area contributed by atoms with Crippen molar-refractivity contribution in [1.82, 2.24) is 4.31 Å². The molecule has 2 rings (SSSR count). The lowest BCUT2D eigenvalue weighted by Gasteiger charge is -2.20. The minimum atomic E-state index is -3.59. The van der Waals surface area contributed by atoms with E-state index < -0.39 is 10.0 Å². The fraction of sp³-hybridized carbons (Fsp3) is 0.300. The Kier molecular flexibility index (Phi) is 2.93. The van der Waals surface area contributed by atoms with E-state index in [9.17, 15) is 13.2 Å². The normalized spacial score (nSPS) is 17.5. The Morgan fingerprint density at radius 2 is 2.12 bits per heavy atom. The lowest BCUT2D eigenvalue weighted by molar-refractivity contribution is 0.109. The summed E-state index contributed by atoms with van der Waals surface area (Å²) in [5.41, 5.74) is 0. The van der Waals surface area contributed by atoms with Crippen molar-refractivity contribution < 1.29 is 17.6 Å². The van der Waals surface area contributed by atoms with Gasteiger partial charge in [0.2, 0.25) is 5.09 Å². The highest BCUT2D eigenvalue weighted by Crippen LogP contribution is 2.19. The van der Waals surface area contributed by atoms with Gasteiger partial charge in [-0.15, -0.1) is 0 Å². The largest absolute Gasteiger partial charge is 0.440 e. The van der Waals surface area contributed by atoms with Crippen molar-refractivity contribution in [1.29, 1.82) is 0 Å². The van der Waals surface area contributed by atoms with Crippen LogP contribution in [0, 0.1) is 0 Å². The summed E-state index contributed by atoms with van der Waals surface area (Å²) in [6.45, 7) is 0.787. The molecule has 86 valence electrons. The van der Waals surface area contributed by atoms with Crippen molar-refractivity contribution in [3.8, 4) is 0 Å². The molecule has 0 bridgehead atoms. The Morgan fingerprint density at radius 3 is 2.69 bits per heavy atom. The summed E-state index contributed by atoms with van der Waals surface area (Å²) >= 11 is 0. The first-order chi connectivity index (χ1) is 7.64. The van der Waals surface area contributed by atoms with Crippen LogP contribution in [-0.2, 0) is 10.0 Å². The second kappa shape index (κ2) is 4.23. The highest BCUT2D eigenvalue weighted by molar-refractivity contribution is 7.89. The van der Waals surface area contributed by atoms with Crippen LogP contribution in [0.1, 0.15) is 17.0 Å². The molecule has 0 unspecified atom stereocenters. The van der Waals surface area contributed by atoms with E-state index in [1.165, 1.54) is 16.4 Å². The number of aldehydes is 1. The van der Waals surface area contributed by atoms with E-state index in [1.807, 2.05) is 6.08 Å². The van der Waals surface area contributed by atoms with E-state index in [4.69, 9.17) is 4.42 Å². The number of sulfonamides is 1. The second-order valence-electron chi connectivity index (χ2n) is 3.40. The Labute approximate surface area is 93.4 Å². The molecule has 1 aromatic heterocycles. The fourth-order valence-electron chi connectivity index (χ4n) is 1.50. The van der Waals surface area contributed by atoms with E-state index in [0.29, 0.717) is 25.8 Å². The van der Waals surface area contributed by atoms with Gasteiger partial charge in [-0.25, -0.2) is 8.42 Å². The minimum Gasteiger partial charge on any atom is -0.440 e. The van der Waals surface area contributed by atoms with Crippen LogP contribution in [0.25, 0.3) is 0 Å². The highest BCUT2D eigenvalue weighted by atomic mass is 32.2. The summed E-state index contributed by atoms with van der Waals surface area (Å²) in [5.74, 6) is 0.0196. The standard InChI is InChI=1S/C10H11NO4S/c12-8-9-4-5-10(15-9)16(13,14)11-6-2-1-3-7-11/h1-2,4-5,8H,3,6-7H2. The SMILES string of the molecule is O=Cc1ccc(S(=O)(=O)N2CC=CCC2)o1. The first kappa shape index (κ1) is 11.1. The molecule has 1 aromatic rings. The van der Waals surface area contributed by atoms with Gasteiger partial charge in [0.05, 0.1) is 0 Å². The Balaban J connectivity index is 2.30. The third-order valence-corrected chi connectivity index (χ3v) is 4.07. The smallest absolute Gasteiger partial charge is 0.276 e. The number of rotatable bonds is 3. The molecule has 0 N–H and O–H groups in total. The Bertz CT molecular complexity index is 515. The quantitative estimate of drug-likeness (QED) is 0.585. The Hall–Kier alpha value is -1.40. The van der Waals surface area contributed by atoms with Gasteiger partial charge in [-0.1, -0.05) is 12.2 Å².